The first-order valence-corrected chi connectivity index (χ1v) is 5.60. The van der Waals surface area contributed by atoms with Crippen molar-refractivity contribution in [3.63, 3.8) is 0 Å². The van der Waals surface area contributed by atoms with E-state index in [9.17, 15) is 9.18 Å². The molecule has 3 heteroatoms. The van der Waals surface area contributed by atoms with Crippen molar-refractivity contribution in [2.45, 2.75) is 32.5 Å². The van der Waals surface area contributed by atoms with Gasteiger partial charge >= 0.3 is 5.97 Å². The molecule has 2 rings (SSSR count). The van der Waals surface area contributed by atoms with Crippen LogP contribution in [0.1, 0.15) is 30.4 Å². The highest BCUT2D eigenvalue weighted by Crippen LogP contribution is 2.27. The summed E-state index contributed by atoms with van der Waals surface area (Å²) < 4.78 is 17.4. The minimum atomic E-state index is -0.456. The van der Waals surface area contributed by atoms with Crippen molar-refractivity contribution in [1.29, 1.82) is 0 Å². The van der Waals surface area contributed by atoms with E-state index in [1.54, 1.807) is 24.3 Å². The van der Waals surface area contributed by atoms with Crippen LogP contribution in [0.3, 0.4) is 0 Å². The number of hydrogen-bond acceptors (Lipinski definition) is 2. The van der Waals surface area contributed by atoms with Gasteiger partial charge in [0.1, 0.15) is 13.3 Å². The first-order valence-electron chi connectivity index (χ1n) is 5.60. The largest absolute Gasteiger partial charge is 0.461 e. The van der Waals surface area contributed by atoms with Crippen LogP contribution in [-0.4, -0.2) is 5.97 Å². The molecule has 86 valence electrons. The van der Waals surface area contributed by atoms with Crippen molar-refractivity contribution in [3.8, 4) is 0 Å². The minimum absolute atomic E-state index is 0.0965. The second-order valence-corrected chi connectivity index (χ2v) is 4.19. The molecule has 1 aliphatic carbocycles. The lowest BCUT2D eigenvalue weighted by Crippen LogP contribution is -2.23. The van der Waals surface area contributed by atoms with E-state index in [-0.39, 0.29) is 11.9 Å². The summed E-state index contributed by atoms with van der Waals surface area (Å²) in [5.74, 6) is 0.0194. The van der Waals surface area contributed by atoms with Gasteiger partial charge in [-0.3, -0.25) is 4.79 Å². The third-order valence-corrected chi connectivity index (χ3v) is 3.00. The summed E-state index contributed by atoms with van der Waals surface area (Å²) in [7, 11) is 0. The summed E-state index contributed by atoms with van der Waals surface area (Å²) in [6.07, 6.45) is 3.05. The van der Waals surface area contributed by atoms with E-state index in [2.05, 4.69) is 0 Å². The Bertz CT molecular complexity index is 355. The summed E-state index contributed by atoms with van der Waals surface area (Å²) >= 11 is 0. The van der Waals surface area contributed by atoms with Crippen molar-refractivity contribution >= 4 is 5.97 Å². The molecule has 0 saturated heterocycles. The zero-order valence-electron chi connectivity index (χ0n) is 9.12. The normalized spacial score (nSPS) is 15.6. The van der Waals surface area contributed by atoms with Crippen molar-refractivity contribution in [3.05, 3.63) is 35.4 Å². The van der Waals surface area contributed by atoms with Crippen LogP contribution in [0.5, 0.6) is 0 Å². The van der Waals surface area contributed by atoms with E-state index in [0.29, 0.717) is 12.2 Å². The molecule has 1 saturated carbocycles. The molecular weight excluding hydrogens is 207 g/mol. The van der Waals surface area contributed by atoms with Gasteiger partial charge in [-0.25, -0.2) is 4.39 Å². The van der Waals surface area contributed by atoms with Gasteiger partial charge in [-0.05, 0) is 24.0 Å². The monoisotopic (exact) mass is 222 g/mol. The smallest absolute Gasteiger partial charge is 0.309 e. The van der Waals surface area contributed by atoms with E-state index in [0.717, 1.165) is 24.8 Å². The molecule has 16 heavy (non-hydrogen) atoms. The Kier molecular flexibility index (Phi) is 3.54. The Morgan fingerprint density at radius 2 is 1.88 bits per heavy atom. The number of hydrogen-bond donors (Lipinski definition) is 0. The van der Waals surface area contributed by atoms with E-state index < -0.39 is 6.67 Å². The van der Waals surface area contributed by atoms with Crippen LogP contribution in [0.4, 0.5) is 4.39 Å². The van der Waals surface area contributed by atoms with Gasteiger partial charge in [-0.15, -0.1) is 0 Å². The van der Waals surface area contributed by atoms with Crippen LogP contribution in [-0.2, 0) is 22.8 Å². The Morgan fingerprint density at radius 3 is 2.38 bits per heavy atom. The average Bonchev–Trinajstić information content (AvgIpc) is 2.25. The predicted octanol–water partition coefficient (Wildman–Crippen LogP) is 3.00. The fourth-order valence-corrected chi connectivity index (χ4v) is 1.64. The van der Waals surface area contributed by atoms with Gasteiger partial charge in [0.05, 0.1) is 5.92 Å². The number of esters is 1. The number of benzene rings is 1. The second kappa shape index (κ2) is 5.10. The lowest BCUT2D eigenvalue weighted by molar-refractivity contribution is -0.152. The number of carbonyl (C=O) groups is 1. The van der Waals surface area contributed by atoms with Crippen LogP contribution in [0.25, 0.3) is 0 Å². The number of ether oxygens (including phenoxy) is 1. The van der Waals surface area contributed by atoms with Gasteiger partial charge in [0, 0.05) is 0 Å². The molecule has 1 aromatic rings. The summed E-state index contributed by atoms with van der Waals surface area (Å²) in [5, 5.41) is 0. The average molecular weight is 222 g/mol. The van der Waals surface area contributed by atoms with Crippen molar-refractivity contribution in [2.24, 2.45) is 5.92 Å². The Hall–Kier alpha value is -1.38. The molecule has 1 aliphatic rings. The van der Waals surface area contributed by atoms with Crippen LogP contribution < -0.4 is 0 Å². The van der Waals surface area contributed by atoms with E-state index in [1.165, 1.54) is 0 Å². The predicted molar refractivity (Wildman–Crippen MR) is 58.4 cm³/mol. The maximum Gasteiger partial charge on any atom is 0.309 e. The minimum Gasteiger partial charge on any atom is -0.461 e. The first kappa shape index (κ1) is 11.1. The van der Waals surface area contributed by atoms with E-state index in [1.807, 2.05) is 0 Å². The maximum atomic E-state index is 12.2. The molecule has 0 bridgehead atoms. The highest BCUT2D eigenvalue weighted by molar-refractivity contribution is 5.73. The lowest BCUT2D eigenvalue weighted by atomic mass is 9.86. The molecule has 0 unspecified atom stereocenters. The number of carbonyl (C=O) groups excluding carboxylic acids is 1. The second-order valence-electron chi connectivity index (χ2n) is 4.19. The third-order valence-electron chi connectivity index (χ3n) is 3.00. The highest BCUT2D eigenvalue weighted by atomic mass is 19.1. The van der Waals surface area contributed by atoms with Crippen LogP contribution >= 0.6 is 0 Å². The molecule has 0 N–H and O–H groups in total. The van der Waals surface area contributed by atoms with Gasteiger partial charge in [-0.1, -0.05) is 30.7 Å². The highest BCUT2D eigenvalue weighted by Gasteiger charge is 2.26. The number of halogens is 1. The molecule has 2 nitrogen and oxygen atoms in total. The molecule has 0 aromatic heterocycles. The SMILES string of the molecule is O=C(OCc1ccc(CF)cc1)C1CCC1. The quantitative estimate of drug-likeness (QED) is 0.732. The van der Waals surface area contributed by atoms with Gasteiger partial charge in [0.2, 0.25) is 0 Å². The van der Waals surface area contributed by atoms with Crippen molar-refractivity contribution in [2.75, 3.05) is 0 Å². The van der Waals surface area contributed by atoms with Crippen LogP contribution in [0, 0.1) is 5.92 Å². The molecule has 0 heterocycles. The molecule has 0 spiro atoms. The molecule has 1 fully saturated rings. The van der Waals surface area contributed by atoms with Crippen LogP contribution in [0.2, 0.25) is 0 Å². The van der Waals surface area contributed by atoms with Crippen molar-refractivity contribution in [1.82, 2.24) is 0 Å². The Labute approximate surface area is 94.4 Å². The topological polar surface area (TPSA) is 26.3 Å². The number of rotatable bonds is 4. The fourth-order valence-electron chi connectivity index (χ4n) is 1.64. The molecule has 0 radical (unpaired) electrons. The number of alkyl halides is 1. The molecule has 1 aromatic carbocycles. The lowest BCUT2D eigenvalue weighted by Gasteiger charge is -2.23. The van der Waals surface area contributed by atoms with E-state index >= 15 is 0 Å². The fraction of sp³-hybridized carbons (Fsp3) is 0.462. The Balaban J connectivity index is 1.81. The first-order chi connectivity index (χ1) is 7.79. The molecule has 0 aliphatic heterocycles. The molecule has 0 amide bonds. The summed E-state index contributed by atoms with van der Waals surface area (Å²) in [6.45, 7) is -0.163. The van der Waals surface area contributed by atoms with Crippen molar-refractivity contribution < 1.29 is 13.9 Å². The standard InChI is InChI=1S/C13H15FO2/c14-8-10-4-6-11(7-5-10)9-16-13(15)12-2-1-3-12/h4-7,12H,1-3,8-9H2. The summed E-state index contributed by atoms with van der Waals surface area (Å²) in [5.41, 5.74) is 1.55. The van der Waals surface area contributed by atoms with Crippen LogP contribution in [0.15, 0.2) is 24.3 Å². The zero-order valence-corrected chi connectivity index (χ0v) is 9.12. The van der Waals surface area contributed by atoms with E-state index in [4.69, 9.17) is 4.74 Å². The summed E-state index contributed by atoms with van der Waals surface area (Å²) in [4.78, 5) is 11.4. The zero-order chi connectivity index (χ0) is 11.4. The van der Waals surface area contributed by atoms with Gasteiger partial charge in [0.25, 0.3) is 0 Å². The van der Waals surface area contributed by atoms with Gasteiger partial charge in [-0.2, -0.15) is 0 Å². The Morgan fingerprint density at radius 1 is 1.25 bits per heavy atom. The molecule has 0 atom stereocenters. The molecular formula is C13H15FO2. The summed E-state index contributed by atoms with van der Waals surface area (Å²) in [6, 6.07) is 7.02. The third kappa shape index (κ3) is 2.60. The van der Waals surface area contributed by atoms with Gasteiger partial charge in [0.15, 0.2) is 0 Å². The maximum absolute atomic E-state index is 12.2. The van der Waals surface area contributed by atoms with Gasteiger partial charge < -0.3 is 4.74 Å².